The Bertz CT molecular complexity index is 320. The van der Waals surface area contributed by atoms with Gasteiger partial charge < -0.3 is 10.6 Å². The minimum atomic E-state index is -0.585. The molecule has 0 heterocycles. The van der Waals surface area contributed by atoms with Crippen molar-refractivity contribution in [3.8, 4) is 0 Å². The largest absolute Gasteiger partial charge is 0.335 e. The van der Waals surface area contributed by atoms with Gasteiger partial charge in [-0.15, -0.1) is 0 Å². The number of rotatable bonds is 5. The molecule has 1 aromatic carbocycles. The van der Waals surface area contributed by atoms with Crippen LogP contribution in [-0.4, -0.2) is 12.8 Å². The van der Waals surface area contributed by atoms with Crippen molar-refractivity contribution in [1.82, 2.24) is 10.6 Å². The molecule has 0 aliphatic carbocycles. The first-order valence-electron chi connectivity index (χ1n) is 3.93. The van der Waals surface area contributed by atoms with E-state index in [1.54, 1.807) is 24.3 Å². The second-order valence-corrected chi connectivity index (χ2v) is 2.93. The van der Waals surface area contributed by atoms with Gasteiger partial charge in [-0.3, -0.25) is 9.59 Å². The van der Waals surface area contributed by atoms with Crippen molar-refractivity contribution in [1.29, 1.82) is 0 Å². The summed E-state index contributed by atoms with van der Waals surface area (Å²) < 4.78 is 0. The maximum atomic E-state index is 10.3. The van der Waals surface area contributed by atoms with Gasteiger partial charge in [-0.1, -0.05) is 29.8 Å². The lowest BCUT2D eigenvalue weighted by Crippen LogP contribution is -2.32. The van der Waals surface area contributed by atoms with E-state index >= 15 is 0 Å². The molecule has 0 bridgehead atoms. The molecule has 0 atom stereocenters. The third-order valence-electron chi connectivity index (χ3n) is 1.69. The van der Waals surface area contributed by atoms with Crippen LogP contribution in [0.3, 0.4) is 0 Å². The van der Waals surface area contributed by atoms with Crippen molar-refractivity contribution < 1.29 is 9.59 Å². The van der Waals surface area contributed by atoms with Crippen molar-refractivity contribution >= 4 is 24.4 Å². The summed E-state index contributed by atoms with van der Waals surface area (Å²) in [7, 11) is 0. The van der Waals surface area contributed by atoms with Crippen LogP contribution in [0.4, 0.5) is 0 Å². The van der Waals surface area contributed by atoms with E-state index in [9.17, 15) is 9.59 Å². The maximum Gasteiger partial charge on any atom is 0.208 e. The Balaban J connectivity index is 2.91. The zero-order valence-electron chi connectivity index (χ0n) is 7.24. The van der Waals surface area contributed by atoms with Gasteiger partial charge in [0.25, 0.3) is 0 Å². The SMILES string of the molecule is O=CNC(NC=O)c1ccccc1Cl. The Kier molecular flexibility index (Phi) is 3.94. The van der Waals surface area contributed by atoms with Gasteiger partial charge in [-0.25, -0.2) is 0 Å². The monoisotopic (exact) mass is 212 g/mol. The molecule has 2 N–H and O–H groups in total. The van der Waals surface area contributed by atoms with Crippen LogP contribution in [0, 0.1) is 0 Å². The molecule has 2 amide bonds. The van der Waals surface area contributed by atoms with E-state index in [-0.39, 0.29) is 0 Å². The van der Waals surface area contributed by atoms with E-state index in [1.165, 1.54) is 0 Å². The fourth-order valence-electron chi connectivity index (χ4n) is 1.07. The summed E-state index contributed by atoms with van der Waals surface area (Å²) in [6.45, 7) is 0. The van der Waals surface area contributed by atoms with E-state index in [2.05, 4.69) is 10.6 Å². The first-order valence-corrected chi connectivity index (χ1v) is 4.31. The van der Waals surface area contributed by atoms with Crippen LogP contribution in [0.1, 0.15) is 11.7 Å². The fourth-order valence-corrected chi connectivity index (χ4v) is 1.32. The van der Waals surface area contributed by atoms with Crippen molar-refractivity contribution in [3.05, 3.63) is 34.9 Å². The molecule has 1 rings (SSSR count). The molecule has 0 radical (unpaired) electrons. The maximum absolute atomic E-state index is 10.3. The molecule has 0 spiro atoms. The van der Waals surface area contributed by atoms with E-state index in [0.717, 1.165) is 0 Å². The Hall–Kier alpha value is -1.55. The van der Waals surface area contributed by atoms with Crippen LogP contribution in [0.5, 0.6) is 0 Å². The second kappa shape index (κ2) is 5.24. The summed E-state index contributed by atoms with van der Waals surface area (Å²) in [5.74, 6) is 0. The van der Waals surface area contributed by atoms with Crippen LogP contribution >= 0.6 is 11.6 Å². The lowest BCUT2D eigenvalue weighted by molar-refractivity contribution is -0.112. The Morgan fingerprint density at radius 1 is 1.14 bits per heavy atom. The predicted octanol–water partition coefficient (Wildman–Crippen LogP) is 0.831. The van der Waals surface area contributed by atoms with Crippen LogP contribution in [0.2, 0.25) is 5.02 Å². The molecule has 0 aliphatic heterocycles. The highest BCUT2D eigenvalue weighted by Gasteiger charge is 2.11. The van der Waals surface area contributed by atoms with E-state index < -0.39 is 6.17 Å². The van der Waals surface area contributed by atoms with Crippen LogP contribution in [0.25, 0.3) is 0 Å². The van der Waals surface area contributed by atoms with Gasteiger partial charge in [0.05, 0.1) is 0 Å². The standard InChI is InChI=1S/C9H9ClN2O2/c10-8-4-2-1-3-7(8)9(11-5-13)12-6-14/h1-6,9H,(H,11,13)(H,12,14). The van der Waals surface area contributed by atoms with Crippen molar-refractivity contribution in [3.63, 3.8) is 0 Å². The highest BCUT2D eigenvalue weighted by atomic mass is 35.5. The van der Waals surface area contributed by atoms with Crippen LogP contribution < -0.4 is 10.6 Å². The molecule has 5 heteroatoms. The van der Waals surface area contributed by atoms with Crippen molar-refractivity contribution in [2.75, 3.05) is 0 Å². The Morgan fingerprint density at radius 2 is 1.71 bits per heavy atom. The summed E-state index contributed by atoms with van der Waals surface area (Å²) in [6, 6.07) is 6.95. The number of halogens is 1. The summed E-state index contributed by atoms with van der Waals surface area (Å²) in [4.78, 5) is 20.5. The number of amides is 2. The molecule has 0 aromatic heterocycles. The third kappa shape index (κ3) is 2.47. The molecule has 14 heavy (non-hydrogen) atoms. The molecular weight excluding hydrogens is 204 g/mol. The first kappa shape index (κ1) is 10.5. The number of nitrogens with one attached hydrogen (secondary N) is 2. The number of carbonyl (C=O) groups is 2. The van der Waals surface area contributed by atoms with Crippen molar-refractivity contribution in [2.24, 2.45) is 0 Å². The minimum Gasteiger partial charge on any atom is -0.335 e. The lowest BCUT2D eigenvalue weighted by atomic mass is 10.2. The lowest BCUT2D eigenvalue weighted by Gasteiger charge is -2.16. The smallest absolute Gasteiger partial charge is 0.208 e. The topological polar surface area (TPSA) is 58.2 Å². The van der Waals surface area contributed by atoms with E-state index in [4.69, 9.17) is 11.6 Å². The molecule has 0 saturated carbocycles. The quantitative estimate of drug-likeness (QED) is 0.561. The molecule has 0 fully saturated rings. The van der Waals surface area contributed by atoms with Gasteiger partial charge in [0.15, 0.2) is 0 Å². The van der Waals surface area contributed by atoms with Gasteiger partial charge in [-0.2, -0.15) is 0 Å². The zero-order chi connectivity index (χ0) is 10.4. The zero-order valence-corrected chi connectivity index (χ0v) is 7.99. The molecular formula is C9H9ClN2O2. The van der Waals surface area contributed by atoms with Crippen molar-refractivity contribution in [2.45, 2.75) is 6.17 Å². The molecule has 4 nitrogen and oxygen atoms in total. The minimum absolute atomic E-state index is 0.487. The Labute approximate surface area is 86.3 Å². The summed E-state index contributed by atoms with van der Waals surface area (Å²) in [5.41, 5.74) is 0.647. The Morgan fingerprint density at radius 3 is 2.21 bits per heavy atom. The molecule has 0 unspecified atom stereocenters. The van der Waals surface area contributed by atoms with Crippen LogP contribution in [-0.2, 0) is 9.59 Å². The highest BCUT2D eigenvalue weighted by Crippen LogP contribution is 2.20. The second-order valence-electron chi connectivity index (χ2n) is 2.52. The normalized spacial score (nSPS) is 9.57. The summed E-state index contributed by atoms with van der Waals surface area (Å²) >= 11 is 5.88. The van der Waals surface area contributed by atoms with Crippen LogP contribution in [0.15, 0.2) is 24.3 Å². The average Bonchev–Trinajstić information content (AvgIpc) is 2.18. The molecule has 0 aliphatic rings. The predicted molar refractivity (Wildman–Crippen MR) is 52.6 cm³/mol. The third-order valence-corrected chi connectivity index (χ3v) is 2.03. The summed E-state index contributed by atoms with van der Waals surface area (Å²) in [5, 5.41) is 5.35. The van der Waals surface area contributed by atoms with Gasteiger partial charge in [0.1, 0.15) is 6.17 Å². The number of benzene rings is 1. The number of hydrogen-bond acceptors (Lipinski definition) is 2. The fraction of sp³-hybridized carbons (Fsp3) is 0.111. The van der Waals surface area contributed by atoms with Gasteiger partial charge in [0.2, 0.25) is 12.8 Å². The van der Waals surface area contributed by atoms with E-state index in [1.807, 2.05) is 0 Å². The molecule has 74 valence electrons. The van der Waals surface area contributed by atoms with Gasteiger partial charge in [0, 0.05) is 10.6 Å². The summed E-state index contributed by atoms with van der Waals surface area (Å²) in [6.07, 6.45) is 0.424. The molecule has 1 aromatic rings. The number of carbonyl (C=O) groups excluding carboxylic acids is 2. The number of hydrogen-bond donors (Lipinski definition) is 2. The van der Waals surface area contributed by atoms with Gasteiger partial charge >= 0.3 is 0 Å². The van der Waals surface area contributed by atoms with Gasteiger partial charge in [-0.05, 0) is 6.07 Å². The van der Waals surface area contributed by atoms with E-state index in [0.29, 0.717) is 23.4 Å². The first-order chi connectivity index (χ1) is 6.79. The highest BCUT2D eigenvalue weighted by molar-refractivity contribution is 6.31. The molecule has 0 saturated heterocycles. The average molecular weight is 213 g/mol.